The summed E-state index contributed by atoms with van der Waals surface area (Å²) >= 11 is 0. The van der Waals surface area contributed by atoms with E-state index in [2.05, 4.69) is 10.6 Å². The lowest BCUT2D eigenvalue weighted by Gasteiger charge is -2.41. The number of carbonyl (C=O) groups is 3. The van der Waals surface area contributed by atoms with Crippen LogP contribution >= 0.6 is 0 Å². The van der Waals surface area contributed by atoms with Crippen molar-refractivity contribution < 1.29 is 28.6 Å². The van der Waals surface area contributed by atoms with Gasteiger partial charge in [0.15, 0.2) is 0 Å². The second-order valence-corrected chi connectivity index (χ2v) is 8.97. The molecule has 1 fully saturated rings. The molecule has 0 aliphatic carbocycles. The number of amides is 3. The van der Waals surface area contributed by atoms with Crippen molar-refractivity contribution in [3.05, 3.63) is 24.3 Å². The molecule has 3 rings (SSSR count). The highest BCUT2D eigenvalue weighted by Gasteiger charge is 2.50. The monoisotopic (exact) mass is 433 g/mol. The smallest absolute Gasteiger partial charge is 0.410 e. The Morgan fingerprint density at radius 2 is 1.90 bits per heavy atom. The van der Waals surface area contributed by atoms with E-state index in [-0.39, 0.29) is 5.91 Å². The van der Waals surface area contributed by atoms with E-state index in [9.17, 15) is 14.4 Å². The number of hydrogen-bond acceptors (Lipinski definition) is 6. The van der Waals surface area contributed by atoms with Crippen molar-refractivity contribution >= 4 is 23.6 Å². The average Bonchev–Trinajstić information content (AvgIpc) is 2.81. The first-order valence-electron chi connectivity index (χ1n) is 10.5. The molecule has 1 saturated heterocycles. The molecule has 3 amide bonds. The van der Waals surface area contributed by atoms with Gasteiger partial charge in [-0.3, -0.25) is 14.5 Å². The Hall–Kier alpha value is -2.81. The van der Waals surface area contributed by atoms with E-state index in [1.54, 1.807) is 45.9 Å². The van der Waals surface area contributed by atoms with Gasteiger partial charge in [-0.2, -0.15) is 0 Å². The number of ether oxygens (including phenoxy) is 3. The number of hydrogen-bond donors (Lipinski definition) is 2. The largest absolute Gasteiger partial charge is 0.482 e. The first kappa shape index (κ1) is 22.9. The average molecular weight is 434 g/mol. The fraction of sp³-hybridized carbons (Fsp3) is 0.591. The van der Waals surface area contributed by atoms with Crippen LogP contribution in [0.1, 0.15) is 40.5 Å². The van der Waals surface area contributed by atoms with Crippen LogP contribution in [-0.2, 0) is 19.1 Å². The van der Waals surface area contributed by atoms with Crippen LogP contribution in [0.2, 0.25) is 0 Å². The summed E-state index contributed by atoms with van der Waals surface area (Å²) in [4.78, 5) is 39.8. The van der Waals surface area contributed by atoms with E-state index < -0.39 is 35.3 Å². The van der Waals surface area contributed by atoms with E-state index in [1.165, 1.54) is 11.9 Å². The zero-order valence-electron chi connectivity index (χ0n) is 18.7. The summed E-state index contributed by atoms with van der Waals surface area (Å²) in [7, 11) is 1.49. The van der Waals surface area contributed by atoms with Crippen molar-refractivity contribution in [1.82, 2.24) is 10.2 Å². The Kier molecular flexibility index (Phi) is 6.45. The highest BCUT2D eigenvalue weighted by Crippen LogP contribution is 2.38. The van der Waals surface area contributed by atoms with Gasteiger partial charge in [-0.1, -0.05) is 12.1 Å². The van der Waals surface area contributed by atoms with Gasteiger partial charge in [-0.15, -0.1) is 0 Å². The molecule has 170 valence electrons. The number of nitrogens with one attached hydrogen (secondary N) is 2. The molecule has 1 unspecified atom stereocenters. The van der Waals surface area contributed by atoms with Gasteiger partial charge in [-0.25, -0.2) is 4.79 Å². The van der Waals surface area contributed by atoms with Gasteiger partial charge < -0.3 is 24.8 Å². The van der Waals surface area contributed by atoms with Gasteiger partial charge in [-0.05, 0) is 39.8 Å². The maximum atomic E-state index is 13.1. The van der Waals surface area contributed by atoms with Crippen molar-refractivity contribution in [2.24, 2.45) is 0 Å². The lowest BCUT2D eigenvalue weighted by atomic mass is 9.85. The molecule has 2 aliphatic rings. The van der Waals surface area contributed by atoms with Crippen LogP contribution < -0.4 is 15.4 Å². The van der Waals surface area contributed by atoms with Gasteiger partial charge in [0.05, 0.1) is 18.9 Å². The lowest BCUT2D eigenvalue weighted by Crippen LogP contribution is -2.64. The third-order valence-electron chi connectivity index (χ3n) is 5.51. The number of nitrogens with zero attached hydrogens (tertiary/aromatic N) is 1. The number of anilines is 1. The third kappa shape index (κ3) is 5.10. The van der Waals surface area contributed by atoms with E-state index in [1.807, 2.05) is 6.07 Å². The van der Waals surface area contributed by atoms with Gasteiger partial charge in [0, 0.05) is 19.9 Å². The highest BCUT2D eigenvalue weighted by atomic mass is 16.6. The van der Waals surface area contributed by atoms with Crippen molar-refractivity contribution in [3.8, 4) is 5.75 Å². The Balaban J connectivity index is 1.81. The zero-order valence-corrected chi connectivity index (χ0v) is 18.7. The molecule has 0 aromatic heterocycles. The molecule has 2 atom stereocenters. The topological polar surface area (TPSA) is 106 Å². The molecular weight excluding hydrogens is 402 g/mol. The van der Waals surface area contributed by atoms with Crippen LogP contribution in [-0.4, -0.2) is 66.4 Å². The number of rotatable bonds is 3. The number of carbonyl (C=O) groups excluding carboxylic acids is 3. The summed E-state index contributed by atoms with van der Waals surface area (Å²) in [6.45, 7) is 7.67. The molecule has 31 heavy (non-hydrogen) atoms. The van der Waals surface area contributed by atoms with E-state index in [4.69, 9.17) is 14.2 Å². The number of likely N-dealkylation sites (N-methyl/N-ethyl adjacent to an activating group) is 1. The first-order chi connectivity index (χ1) is 14.5. The maximum absolute atomic E-state index is 13.1. The molecule has 0 radical (unpaired) electrons. The first-order valence-corrected chi connectivity index (χ1v) is 10.5. The molecule has 0 saturated carbocycles. The van der Waals surface area contributed by atoms with Crippen LogP contribution in [0, 0.1) is 0 Å². The second kappa shape index (κ2) is 8.74. The van der Waals surface area contributed by atoms with Gasteiger partial charge >= 0.3 is 6.09 Å². The fourth-order valence-electron chi connectivity index (χ4n) is 3.62. The van der Waals surface area contributed by atoms with Crippen LogP contribution in [0.5, 0.6) is 5.75 Å². The Morgan fingerprint density at radius 3 is 2.55 bits per heavy atom. The van der Waals surface area contributed by atoms with Crippen LogP contribution in [0.3, 0.4) is 0 Å². The number of benzene rings is 1. The molecule has 0 bridgehead atoms. The molecule has 1 aromatic carbocycles. The molecule has 9 heteroatoms. The fourth-order valence-corrected chi connectivity index (χ4v) is 3.62. The summed E-state index contributed by atoms with van der Waals surface area (Å²) < 4.78 is 17.2. The summed E-state index contributed by atoms with van der Waals surface area (Å²) in [5.41, 5.74) is -1.09. The standard InChI is InChI=1S/C22H31N3O6/c1-14(25(5)20(28)31-21(2,3)4)18(26)24-17-19(27)23-15-8-6-7-9-16(15)30-22(17)10-12-29-13-11-22/h6-9,14,17H,10-13H2,1-5H3,(H,23,27)(H,24,26)/t14-,17?/m0/s1. The van der Waals surface area contributed by atoms with Gasteiger partial charge in [0.2, 0.25) is 5.91 Å². The summed E-state index contributed by atoms with van der Waals surface area (Å²) in [5, 5.41) is 5.67. The van der Waals surface area contributed by atoms with E-state index >= 15 is 0 Å². The quantitative estimate of drug-likeness (QED) is 0.758. The molecule has 2 N–H and O–H groups in total. The predicted octanol–water partition coefficient (Wildman–Crippen LogP) is 2.31. The maximum Gasteiger partial charge on any atom is 0.410 e. The number of para-hydroxylation sites is 2. The Bertz CT molecular complexity index is 844. The Labute approximate surface area is 182 Å². The third-order valence-corrected chi connectivity index (χ3v) is 5.51. The van der Waals surface area contributed by atoms with E-state index in [0.717, 1.165) is 0 Å². The van der Waals surface area contributed by atoms with Gasteiger partial charge in [0.1, 0.15) is 29.0 Å². The molecule has 9 nitrogen and oxygen atoms in total. The summed E-state index contributed by atoms with van der Waals surface area (Å²) in [6.07, 6.45) is 0.260. The molecular formula is C22H31N3O6. The molecule has 2 heterocycles. The van der Waals surface area contributed by atoms with Crippen molar-refractivity contribution in [2.45, 2.75) is 63.8 Å². The van der Waals surface area contributed by atoms with Crippen LogP contribution in [0.4, 0.5) is 10.5 Å². The summed E-state index contributed by atoms with van der Waals surface area (Å²) in [6, 6.07) is 5.36. The Morgan fingerprint density at radius 1 is 1.26 bits per heavy atom. The molecule has 1 aromatic rings. The minimum atomic E-state index is -0.953. The highest BCUT2D eigenvalue weighted by molar-refractivity contribution is 6.00. The van der Waals surface area contributed by atoms with E-state index in [0.29, 0.717) is 37.5 Å². The minimum absolute atomic E-state index is 0.368. The molecule has 1 spiro atoms. The summed E-state index contributed by atoms with van der Waals surface area (Å²) in [5.74, 6) is -0.297. The zero-order chi connectivity index (χ0) is 22.8. The minimum Gasteiger partial charge on any atom is -0.482 e. The van der Waals surface area contributed by atoms with Crippen molar-refractivity contribution in [3.63, 3.8) is 0 Å². The normalized spacial score (nSPS) is 21.1. The number of fused-ring (bicyclic) bond motifs is 1. The van der Waals surface area contributed by atoms with Gasteiger partial charge in [0.25, 0.3) is 5.91 Å². The second-order valence-electron chi connectivity index (χ2n) is 8.97. The van der Waals surface area contributed by atoms with Crippen molar-refractivity contribution in [1.29, 1.82) is 0 Å². The predicted molar refractivity (Wildman–Crippen MR) is 114 cm³/mol. The lowest BCUT2D eigenvalue weighted by molar-refractivity contribution is -0.138. The van der Waals surface area contributed by atoms with Crippen molar-refractivity contribution in [2.75, 3.05) is 25.6 Å². The van der Waals surface area contributed by atoms with Crippen LogP contribution in [0.15, 0.2) is 24.3 Å². The van der Waals surface area contributed by atoms with Crippen LogP contribution in [0.25, 0.3) is 0 Å². The SMILES string of the molecule is C[C@@H](C(=O)NC1C(=O)Nc2ccccc2OC12CCOCC2)N(C)C(=O)OC(C)(C)C. The molecule has 2 aliphatic heterocycles.